The minimum absolute atomic E-state index is 0.146. The van der Waals surface area contributed by atoms with Crippen LogP contribution >= 0.6 is 23.9 Å². The minimum atomic E-state index is -0.146. The van der Waals surface area contributed by atoms with Gasteiger partial charge in [0.05, 0.1) is 5.69 Å². The molecular weight excluding hydrogens is 392 g/mol. The molecule has 0 spiro atoms. The highest BCUT2D eigenvalue weighted by Gasteiger charge is 2.19. The lowest BCUT2D eigenvalue weighted by molar-refractivity contribution is 0.358. The largest absolute Gasteiger partial charge is 0.351 e. The Morgan fingerprint density at radius 1 is 1.18 bits per heavy atom. The molecule has 0 aliphatic carbocycles. The van der Waals surface area contributed by atoms with Crippen molar-refractivity contribution in [3.63, 3.8) is 0 Å². The van der Waals surface area contributed by atoms with Gasteiger partial charge in [0.15, 0.2) is 5.65 Å². The number of pyridine rings is 1. The number of hydrogen-bond donors (Lipinski definition) is 2. The van der Waals surface area contributed by atoms with Crippen LogP contribution in [-0.2, 0) is 0 Å². The third-order valence-electron chi connectivity index (χ3n) is 4.91. The maximum atomic E-state index is 12.7. The Bertz CT molecular complexity index is 1030. The molecule has 1 aromatic carbocycles. The summed E-state index contributed by atoms with van der Waals surface area (Å²) in [5.74, 6) is 0.548. The summed E-state index contributed by atoms with van der Waals surface area (Å²) >= 11 is 2.90. The first-order chi connectivity index (χ1) is 13.7. The normalized spacial score (nSPS) is 15.8. The molecule has 0 radical (unpaired) electrons. The highest BCUT2D eigenvalue weighted by Crippen LogP contribution is 2.24. The summed E-state index contributed by atoms with van der Waals surface area (Å²) in [5.41, 5.74) is 1.16. The molecule has 3 N–H and O–H groups in total. The fourth-order valence-electron chi connectivity index (χ4n) is 3.43. The Morgan fingerprint density at radius 3 is 2.71 bits per heavy atom. The first-order valence-electron chi connectivity index (χ1n) is 9.10. The summed E-state index contributed by atoms with van der Waals surface area (Å²) in [6.07, 6.45) is 5.94. The number of benzene rings is 1. The van der Waals surface area contributed by atoms with E-state index in [2.05, 4.69) is 20.9 Å². The van der Waals surface area contributed by atoms with E-state index < -0.39 is 0 Å². The average molecular weight is 415 g/mol. The Labute approximate surface area is 172 Å². The van der Waals surface area contributed by atoms with E-state index in [1.54, 1.807) is 28.8 Å². The Morgan fingerprint density at radius 2 is 1.96 bits per heavy atom. The lowest BCUT2D eigenvalue weighted by atomic mass is 10.1. The van der Waals surface area contributed by atoms with Crippen molar-refractivity contribution in [1.82, 2.24) is 18.8 Å². The van der Waals surface area contributed by atoms with Crippen molar-refractivity contribution in [3.05, 3.63) is 52.9 Å². The number of rotatable bonds is 5. The van der Waals surface area contributed by atoms with Crippen molar-refractivity contribution in [2.75, 3.05) is 24.7 Å². The minimum Gasteiger partial charge on any atom is -0.351 e. The number of anilines is 1. The fraction of sp³-hybridized carbons (Fsp3) is 0.316. The number of nitrogens with two attached hydrogens (primary N) is 1. The van der Waals surface area contributed by atoms with E-state index >= 15 is 0 Å². The number of nitrogens with one attached hydrogen (secondary N) is 1. The first kappa shape index (κ1) is 19.3. The predicted octanol–water partition coefficient (Wildman–Crippen LogP) is 2.90. The topological polar surface area (TPSA) is 89.1 Å². The maximum Gasteiger partial charge on any atom is 0.256 e. The van der Waals surface area contributed by atoms with E-state index in [9.17, 15) is 4.79 Å². The summed E-state index contributed by atoms with van der Waals surface area (Å²) in [6.45, 7) is 2.08. The molecule has 0 saturated carbocycles. The van der Waals surface area contributed by atoms with Crippen LogP contribution in [0.4, 0.5) is 5.95 Å². The molecule has 1 fully saturated rings. The summed E-state index contributed by atoms with van der Waals surface area (Å²) < 4.78 is 3.96. The first-order valence-corrected chi connectivity index (χ1v) is 11.2. The number of nitrogens with zero attached hydrogens (tertiary/aromatic N) is 4. The summed E-state index contributed by atoms with van der Waals surface area (Å²) in [4.78, 5) is 22.7. The van der Waals surface area contributed by atoms with Gasteiger partial charge in [0.1, 0.15) is 0 Å². The van der Waals surface area contributed by atoms with Crippen LogP contribution in [-0.4, -0.2) is 44.2 Å². The van der Waals surface area contributed by atoms with Crippen LogP contribution in [0, 0.1) is 0 Å². The van der Waals surface area contributed by atoms with E-state index in [1.807, 2.05) is 24.3 Å². The van der Waals surface area contributed by atoms with Crippen LogP contribution in [0.1, 0.15) is 12.8 Å². The molecule has 0 amide bonds. The molecule has 28 heavy (non-hydrogen) atoms. The van der Waals surface area contributed by atoms with Crippen LogP contribution in [0.5, 0.6) is 0 Å². The lowest BCUT2D eigenvalue weighted by Gasteiger charge is -2.30. The van der Waals surface area contributed by atoms with Crippen molar-refractivity contribution in [3.8, 4) is 5.69 Å². The molecule has 2 aromatic heterocycles. The molecule has 1 aliphatic rings. The zero-order valence-electron chi connectivity index (χ0n) is 15.5. The zero-order valence-corrected chi connectivity index (χ0v) is 17.2. The third kappa shape index (κ3) is 3.88. The van der Waals surface area contributed by atoms with Gasteiger partial charge in [-0.15, -0.1) is 0 Å². The van der Waals surface area contributed by atoms with Crippen LogP contribution in [0.2, 0.25) is 0 Å². The molecular formula is C19H22N6OS2. The van der Waals surface area contributed by atoms with E-state index in [-0.39, 0.29) is 5.56 Å². The summed E-state index contributed by atoms with van der Waals surface area (Å²) in [6, 6.07) is 11.2. The van der Waals surface area contributed by atoms with E-state index in [4.69, 9.17) is 10.1 Å². The Kier molecular flexibility index (Phi) is 5.86. The standard InChI is InChI=1S/C19H22N6OS2/c1-27-24-10-8-14(9-11-24)22-19-21-12-13-6-7-17(26)25(18(13)23-19)15-4-2-3-5-16(15)28-20/h2-7,12,14H,8-11,20H2,1H3,(H,21,22,23). The molecule has 0 unspecified atom stereocenters. The van der Waals surface area contributed by atoms with Gasteiger partial charge in [-0.05, 0) is 49.2 Å². The number of hydrogen-bond acceptors (Lipinski definition) is 8. The number of aromatic nitrogens is 3. The second-order valence-electron chi connectivity index (χ2n) is 6.60. The number of piperidine rings is 1. The Hall–Kier alpha value is -2.07. The number of fused-ring (bicyclic) bond motifs is 1. The molecule has 7 nitrogen and oxygen atoms in total. The summed E-state index contributed by atoms with van der Waals surface area (Å²) in [7, 11) is 0. The molecule has 0 bridgehead atoms. The van der Waals surface area contributed by atoms with Gasteiger partial charge >= 0.3 is 0 Å². The predicted molar refractivity (Wildman–Crippen MR) is 117 cm³/mol. The van der Waals surface area contributed by atoms with Crippen LogP contribution in [0.25, 0.3) is 16.7 Å². The molecule has 3 aromatic rings. The second kappa shape index (κ2) is 8.52. The van der Waals surface area contributed by atoms with E-state index in [0.29, 0.717) is 17.6 Å². The van der Waals surface area contributed by atoms with Crippen molar-refractivity contribution >= 4 is 40.9 Å². The van der Waals surface area contributed by atoms with Gasteiger partial charge in [0.2, 0.25) is 5.95 Å². The SMILES string of the molecule is CSN1CCC(Nc2ncc3ccc(=O)n(-c4ccccc4SN)c3n2)CC1. The van der Waals surface area contributed by atoms with Crippen LogP contribution in [0.3, 0.4) is 0 Å². The zero-order chi connectivity index (χ0) is 19.5. The number of para-hydroxylation sites is 1. The van der Waals surface area contributed by atoms with Crippen molar-refractivity contribution < 1.29 is 0 Å². The van der Waals surface area contributed by atoms with Crippen LogP contribution < -0.4 is 16.0 Å². The monoisotopic (exact) mass is 414 g/mol. The highest BCUT2D eigenvalue weighted by atomic mass is 32.2. The average Bonchev–Trinajstić information content (AvgIpc) is 2.74. The second-order valence-corrected chi connectivity index (χ2v) is 8.15. The van der Waals surface area contributed by atoms with Crippen LogP contribution in [0.15, 0.2) is 52.3 Å². The molecule has 9 heteroatoms. The van der Waals surface area contributed by atoms with Gasteiger partial charge in [-0.25, -0.2) is 4.98 Å². The van der Waals surface area contributed by atoms with Gasteiger partial charge in [-0.2, -0.15) is 4.98 Å². The third-order valence-corrected chi connectivity index (χ3v) is 6.39. The molecule has 4 rings (SSSR count). The van der Waals surface area contributed by atoms with Gasteiger partial charge in [0, 0.05) is 41.7 Å². The van der Waals surface area contributed by atoms with Gasteiger partial charge in [0.25, 0.3) is 5.56 Å². The molecule has 3 heterocycles. The molecule has 146 valence electrons. The maximum absolute atomic E-state index is 12.7. The van der Waals surface area contributed by atoms with Crippen molar-refractivity contribution in [2.24, 2.45) is 5.14 Å². The molecule has 1 aliphatic heterocycles. The smallest absolute Gasteiger partial charge is 0.256 e. The van der Waals surface area contributed by atoms with Gasteiger partial charge in [-0.3, -0.25) is 18.8 Å². The fourth-order valence-corrected chi connectivity index (χ4v) is 4.44. The lowest BCUT2D eigenvalue weighted by Crippen LogP contribution is -2.35. The summed E-state index contributed by atoms with van der Waals surface area (Å²) in [5, 5.41) is 10.1. The van der Waals surface area contributed by atoms with E-state index in [0.717, 1.165) is 53.8 Å². The van der Waals surface area contributed by atoms with Gasteiger partial charge < -0.3 is 5.32 Å². The molecule has 1 saturated heterocycles. The quantitative estimate of drug-likeness (QED) is 0.616. The van der Waals surface area contributed by atoms with Crippen molar-refractivity contribution in [1.29, 1.82) is 0 Å². The van der Waals surface area contributed by atoms with E-state index in [1.165, 1.54) is 6.07 Å². The molecule has 0 atom stereocenters. The van der Waals surface area contributed by atoms with Gasteiger partial charge in [-0.1, -0.05) is 24.1 Å². The highest BCUT2D eigenvalue weighted by molar-refractivity contribution is 7.97. The Balaban J connectivity index is 1.72. The van der Waals surface area contributed by atoms with Crippen molar-refractivity contribution in [2.45, 2.75) is 23.8 Å².